The zero-order valence-electron chi connectivity index (χ0n) is 10.7. The predicted molar refractivity (Wildman–Crippen MR) is 73.5 cm³/mol. The highest BCUT2D eigenvalue weighted by Gasteiger charge is 2.05. The molecular formula is C15H17NO3. The fourth-order valence-electron chi connectivity index (χ4n) is 1.69. The molecule has 0 aromatic heterocycles. The molecule has 1 atom stereocenters. The molecule has 0 aliphatic carbocycles. The summed E-state index contributed by atoms with van der Waals surface area (Å²) in [6, 6.07) is 14.6. The van der Waals surface area contributed by atoms with E-state index in [1.54, 1.807) is 31.4 Å². The largest absolute Gasteiger partial charge is 0.497 e. The topological polar surface area (TPSA) is 64.7 Å². The Morgan fingerprint density at radius 2 is 1.74 bits per heavy atom. The first kappa shape index (κ1) is 13.4. The molecule has 0 amide bonds. The molecule has 0 aliphatic rings. The van der Waals surface area contributed by atoms with E-state index in [0.717, 1.165) is 11.3 Å². The number of benzene rings is 2. The van der Waals surface area contributed by atoms with Gasteiger partial charge in [0, 0.05) is 12.6 Å². The molecule has 0 heterocycles. The molecule has 0 saturated carbocycles. The lowest BCUT2D eigenvalue weighted by Gasteiger charge is -2.10. The fourth-order valence-corrected chi connectivity index (χ4v) is 1.69. The molecule has 1 unspecified atom stereocenters. The second-order valence-electron chi connectivity index (χ2n) is 4.10. The summed E-state index contributed by atoms with van der Waals surface area (Å²) < 4.78 is 10.8. The number of aliphatic hydroxyl groups is 1. The van der Waals surface area contributed by atoms with E-state index in [0.29, 0.717) is 11.5 Å². The van der Waals surface area contributed by atoms with E-state index >= 15 is 0 Å². The van der Waals surface area contributed by atoms with Crippen LogP contribution in [-0.2, 0) is 0 Å². The minimum absolute atomic E-state index is 0.204. The van der Waals surface area contributed by atoms with Gasteiger partial charge in [-0.2, -0.15) is 0 Å². The van der Waals surface area contributed by atoms with E-state index < -0.39 is 6.10 Å². The minimum Gasteiger partial charge on any atom is -0.497 e. The standard InChI is InChI=1S/C15H17NO3/c1-18-13-3-2-4-14(9-13)19-12-7-5-11(6-8-12)15(17)10-16/h2-9,15,17H,10,16H2,1H3. The summed E-state index contributed by atoms with van der Waals surface area (Å²) in [5, 5.41) is 9.60. The lowest BCUT2D eigenvalue weighted by Crippen LogP contribution is -2.11. The van der Waals surface area contributed by atoms with E-state index in [1.165, 1.54) is 0 Å². The Morgan fingerprint density at radius 3 is 2.37 bits per heavy atom. The average molecular weight is 259 g/mol. The Bertz CT molecular complexity index is 525. The van der Waals surface area contributed by atoms with Crippen LogP contribution in [0.2, 0.25) is 0 Å². The van der Waals surface area contributed by atoms with Crippen molar-refractivity contribution in [3.05, 3.63) is 54.1 Å². The SMILES string of the molecule is COc1cccc(Oc2ccc(C(O)CN)cc2)c1. The van der Waals surface area contributed by atoms with Crippen LogP contribution >= 0.6 is 0 Å². The summed E-state index contributed by atoms with van der Waals surface area (Å²) in [6.45, 7) is 0.204. The second kappa shape index (κ2) is 6.22. The average Bonchev–Trinajstić information content (AvgIpc) is 2.47. The molecule has 2 aromatic rings. The van der Waals surface area contributed by atoms with Crippen LogP contribution in [0.4, 0.5) is 0 Å². The molecule has 2 aromatic carbocycles. The van der Waals surface area contributed by atoms with Gasteiger partial charge in [-0.1, -0.05) is 18.2 Å². The molecule has 0 aliphatic heterocycles. The van der Waals surface area contributed by atoms with Crippen LogP contribution in [0.1, 0.15) is 11.7 Å². The first-order valence-electron chi connectivity index (χ1n) is 6.03. The Labute approximate surface area is 112 Å². The van der Waals surface area contributed by atoms with Gasteiger partial charge in [-0.25, -0.2) is 0 Å². The highest BCUT2D eigenvalue weighted by atomic mass is 16.5. The Balaban J connectivity index is 2.10. The van der Waals surface area contributed by atoms with Crippen molar-refractivity contribution in [2.24, 2.45) is 5.73 Å². The summed E-state index contributed by atoms with van der Waals surface area (Å²) in [6.07, 6.45) is -0.633. The fraction of sp³-hybridized carbons (Fsp3) is 0.200. The quantitative estimate of drug-likeness (QED) is 0.865. The Hall–Kier alpha value is -2.04. The number of nitrogens with two attached hydrogens (primary N) is 1. The van der Waals surface area contributed by atoms with Crippen molar-refractivity contribution in [2.45, 2.75) is 6.10 Å². The van der Waals surface area contributed by atoms with Crippen molar-refractivity contribution in [1.82, 2.24) is 0 Å². The predicted octanol–water partition coefficient (Wildman–Crippen LogP) is 2.48. The molecular weight excluding hydrogens is 242 g/mol. The first-order chi connectivity index (χ1) is 9.22. The molecule has 4 nitrogen and oxygen atoms in total. The number of methoxy groups -OCH3 is 1. The number of aliphatic hydroxyl groups excluding tert-OH is 1. The third kappa shape index (κ3) is 3.47. The molecule has 3 N–H and O–H groups in total. The van der Waals surface area contributed by atoms with E-state index in [-0.39, 0.29) is 6.54 Å². The first-order valence-corrected chi connectivity index (χ1v) is 6.03. The van der Waals surface area contributed by atoms with Crippen LogP contribution in [-0.4, -0.2) is 18.8 Å². The number of hydrogen-bond acceptors (Lipinski definition) is 4. The number of ether oxygens (including phenoxy) is 2. The maximum Gasteiger partial charge on any atom is 0.131 e. The molecule has 0 spiro atoms. The minimum atomic E-state index is -0.633. The van der Waals surface area contributed by atoms with Gasteiger partial charge in [-0.15, -0.1) is 0 Å². The van der Waals surface area contributed by atoms with Crippen molar-refractivity contribution < 1.29 is 14.6 Å². The maximum absolute atomic E-state index is 9.60. The lowest BCUT2D eigenvalue weighted by atomic mass is 10.1. The second-order valence-corrected chi connectivity index (χ2v) is 4.10. The van der Waals surface area contributed by atoms with E-state index in [2.05, 4.69) is 0 Å². The van der Waals surface area contributed by atoms with Gasteiger partial charge in [0.2, 0.25) is 0 Å². The van der Waals surface area contributed by atoms with E-state index in [4.69, 9.17) is 15.2 Å². The molecule has 0 radical (unpaired) electrons. The summed E-state index contributed by atoms with van der Waals surface area (Å²) in [4.78, 5) is 0. The van der Waals surface area contributed by atoms with Crippen LogP contribution in [0.15, 0.2) is 48.5 Å². The molecule has 0 bridgehead atoms. The Kier molecular flexibility index (Phi) is 4.39. The van der Waals surface area contributed by atoms with Crippen molar-refractivity contribution in [2.75, 3.05) is 13.7 Å². The zero-order chi connectivity index (χ0) is 13.7. The molecule has 0 fully saturated rings. The molecule has 19 heavy (non-hydrogen) atoms. The molecule has 4 heteroatoms. The third-order valence-corrected chi connectivity index (χ3v) is 2.77. The van der Waals surface area contributed by atoms with Gasteiger partial charge in [0.25, 0.3) is 0 Å². The van der Waals surface area contributed by atoms with Crippen molar-refractivity contribution in [1.29, 1.82) is 0 Å². The number of rotatable bonds is 5. The summed E-state index contributed by atoms with van der Waals surface area (Å²) in [5.74, 6) is 2.14. The van der Waals surface area contributed by atoms with Crippen LogP contribution in [0.5, 0.6) is 17.2 Å². The summed E-state index contributed by atoms with van der Waals surface area (Å²) >= 11 is 0. The third-order valence-electron chi connectivity index (χ3n) is 2.77. The Morgan fingerprint density at radius 1 is 1.05 bits per heavy atom. The highest BCUT2D eigenvalue weighted by molar-refractivity contribution is 5.37. The zero-order valence-corrected chi connectivity index (χ0v) is 10.7. The number of hydrogen-bond donors (Lipinski definition) is 2. The van der Waals surface area contributed by atoms with Gasteiger partial charge in [-0.3, -0.25) is 0 Å². The van der Waals surface area contributed by atoms with Gasteiger partial charge in [0.1, 0.15) is 17.2 Å². The van der Waals surface area contributed by atoms with E-state index in [9.17, 15) is 5.11 Å². The van der Waals surface area contributed by atoms with Crippen LogP contribution in [0, 0.1) is 0 Å². The van der Waals surface area contributed by atoms with Gasteiger partial charge < -0.3 is 20.3 Å². The highest BCUT2D eigenvalue weighted by Crippen LogP contribution is 2.26. The summed E-state index contributed by atoms with van der Waals surface area (Å²) in [5.41, 5.74) is 6.18. The van der Waals surface area contributed by atoms with E-state index in [1.807, 2.05) is 24.3 Å². The molecule has 2 rings (SSSR count). The lowest BCUT2D eigenvalue weighted by molar-refractivity contribution is 0.186. The molecule has 0 saturated heterocycles. The summed E-state index contributed by atoms with van der Waals surface area (Å²) in [7, 11) is 1.61. The van der Waals surface area contributed by atoms with Gasteiger partial charge >= 0.3 is 0 Å². The van der Waals surface area contributed by atoms with Crippen molar-refractivity contribution in [3.63, 3.8) is 0 Å². The van der Waals surface area contributed by atoms with Gasteiger partial charge in [-0.05, 0) is 29.8 Å². The maximum atomic E-state index is 9.60. The smallest absolute Gasteiger partial charge is 0.131 e. The van der Waals surface area contributed by atoms with Crippen molar-refractivity contribution >= 4 is 0 Å². The molecule has 100 valence electrons. The monoisotopic (exact) mass is 259 g/mol. The van der Waals surface area contributed by atoms with Crippen LogP contribution in [0.25, 0.3) is 0 Å². The van der Waals surface area contributed by atoms with Crippen LogP contribution in [0.3, 0.4) is 0 Å². The van der Waals surface area contributed by atoms with Gasteiger partial charge in [0.05, 0.1) is 13.2 Å². The van der Waals surface area contributed by atoms with Crippen molar-refractivity contribution in [3.8, 4) is 17.2 Å². The normalized spacial score (nSPS) is 11.9. The van der Waals surface area contributed by atoms with Gasteiger partial charge in [0.15, 0.2) is 0 Å². The van der Waals surface area contributed by atoms with Crippen LogP contribution < -0.4 is 15.2 Å².